The van der Waals surface area contributed by atoms with Crippen LogP contribution in [0.3, 0.4) is 0 Å². The van der Waals surface area contributed by atoms with Crippen molar-refractivity contribution in [3.8, 4) is 10.6 Å². The van der Waals surface area contributed by atoms with Crippen molar-refractivity contribution >= 4 is 34.6 Å². The average Bonchev–Trinajstić information content (AvgIpc) is 3.04. The lowest BCUT2D eigenvalue weighted by Gasteiger charge is -2.09. The van der Waals surface area contributed by atoms with Gasteiger partial charge in [-0.3, -0.25) is 4.79 Å². The lowest BCUT2D eigenvalue weighted by atomic mass is 10.3. The molecule has 100 valence electrons. The van der Waals surface area contributed by atoms with Crippen molar-refractivity contribution in [2.24, 2.45) is 0 Å². The van der Waals surface area contributed by atoms with Crippen molar-refractivity contribution in [2.75, 3.05) is 6.61 Å². The molecule has 1 atom stereocenters. The molecule has 2 rings (SSSR count). The molecule has 0 saturated carbocycles. The summed E-state index contributed by atoms with van der Waals surface area (Å²) in [5.41, 5.74) is 1.07. The first-order chi connectivity index (χ1) is 9.11. The Kier molecular flexibility index (Phi) is 4.25. The first-order valence-corrected chi connectivity index (χ1v) is 7.06. The molecule has 2 aromatic rings. The van der Waals surface area contributed by atoms with Gasteiger partial charge in [-0.15, -0.1) is 11.3 Å². The van der Waals surface area contributed by atoms with Crippen molar-refractivity contribution in [1.29, 1.82) is 0 Å². The Balaban J connectivity index is 2.10. The molecular weight excluding hydrogens is 288 g/mol. The summed E-state index contributed by atoms with van der Waals surface area (Å²) >= 11 is 2.83. The standard InChI is InChI=1S/C11H10N2O4S2/c14-3-7(11(16)17)12-9(15)8-5-19-10(13-8)6-1-2-18-4-6/h1-2,4-5,7,14H,3H2,(H,12,15)(H,16,17)/t7-/m1/s1. The summed E-state index contributed by atoms with van der Waals surface area (Å²) in [6.45, 7) is -0.664. The summed E-state index contributed by atoms with van der Waals surface area (Å²) in [4.78, 5) is 26.6. The van der Waals surface area contributed by atoms with E-state index in [0.717, 1.165) is 5.56 Å². The predicted octanol–water partition coefficient (Wildman–Crippen LogP) is 1.05. The van der Waals surface area contributed by atoms with Crippen LogP contribution in [0.4, 0.5) is 0 Å². The Morgan fingerprint density at radius 3 is 2.79 bits per heavy atom. The van der Waals surface area contributed by atoms with Gasteiger partial charge in [-0.25, -0.2) is 9.78 Å². The van der Waals surface area contributed by atoms with Gasteiger partial charge in [0.05, 0.1) is 6.61 Å². The molecule has 0 aliphatic heterocycles. The molecule has 3 N–H and O–H groups in total. The van der Waals surface area contributed by atoms with Crippen LogP contribution in [0.2, 0.25) is 0 Å². The van der Waals surface area contributed by atoms with E-state index < -0.39 is 24.5 Å². The minimum Gasteiger partial charge on any atom is -0.480 e. The Hall–Kier alpha value is -1.77. The molecule has 0 aliphatic rings. The van der Waals surface area contributed by atoms with Gasteiger partial charge in [-0.1, -0.05) is 0 Å². The number of nitrogens with one attached hydrogen (secondary N) is 1. The van der Waals surface area contributed by atoms with Crippen LogP contribution >= 0.6 is 22.7 Å². The topological polar surface area (TPSA) is 99.5 Å². The third-order valence-corrected chi connectivity index (χ3v) is 3.87. The third kappa shape index (κ3) is 3.16. The molecule has 0 radical (unpaired) electrons. The number of aliphatic carboxylic acids is 1. The highest BCUT2D eigenvalue weighted by atomic mass is 32.1. The first kappa shape index (κ1) is 13.7. The quantitative estimate of drug-likeness (QED) is 0.766. The Morgan fingerprint density at radius 2 is 2.21 bits per heavy atom. The number of thiazole rings is 1. The molecule has 0 fully saturated rings. The highest BCUT2D eigenvalue weighted by molar-refractivity contribution is 7.14. The number of amides is 1. The molecule has 8 heteroatoms. The van der Waals surface area contributed by atoms with Crippen LogP contribution in [0.1, 0.15) is 10.5 Å². The molecule has 0 aromatic carbocycles. The fraction of sp³-hybridized carbons (Fsp3) is 0.182. The molecule has 2 aromatic heterocycles. The maximum absolute atomic E-state index is 11.8. The van der Waals surface area contributed by atoms with Crippen molar-refractivity contribution in [3.63, 3.8) is 0 Å². The van der Waals surface area contributed by atoms with E-state index in [-0.39, 0.29) is 5.69 Å². The molecule has 0 spiro atoms. The normalized spacial score (nSPS) is 12.1. The van der Waals surface area contributed by atoms with Crippen LogP contribution in [0.15, 0.2) is 22.2 Å². The minimum absolute atomic E-state index is 0.144. The second-order valence-corrected chi connectivity index (χ2v) is 5.23. The first-order valence-electron chi connectivity index (χ1n) is 5.24. The number of aromatic nitrogens is 1. The Labute approximate surface area is 116 Å². The molecule has 0 unspecified atom stereocenters. The molecule has 0 bridgehead atoms. The van der Waals surface area contributed by atoms with Crippen LogP contribution in [0.5, 0.6) is 0 Å². The van der Waals surface area contributed by atoms with E-state index in [1.165, 1.54) is 22.7 Å². The van der Waals surface area contributed by atoms with Crippen LogP contribution in [0.25, 0.3) is 10.6 Å². The van der Waals surface area contributed by atoms with E-state index >= 15 is 0 Å². The van der Waals surface area contributed by atoms with Gasteiger partial charge in [0.25, 0.3) is 5.91 Å². The summed E-state index contributed by atoms with van der Waals surface area (Å²) in [5, 5.41) is 25.8. The minimum atomic E-state index is -1.32. The van der Waals surface area contributed by atoms with Gasteiger partial charge in [0.2, 0.25) is 0 Å². The van der Waals surface area contributed by atoms with Crippen LogP contribution in [-0.4, -0.2) is 39.7 Å². The van der Waals surface area contributed by atoms with Crippen molar-refractivity contribution in [3.05, 3.63) is 27.9 Å². The van der Waals surface area contributed by atoms with Gasteiger partial charge in [0.15, 0.2) is 6.04 Å². The number of hydrogen-bond donors (Lipinski definition) is 3. The number of carboxylic acids is 1. The summed E-state index contributed by atoms with van der Waals surface area (Å²) in [7, 11) is 0. The molecule has 0 saturated heterocycles. The van der Waals surface area contributed by atoms with Gasteiger partial charge < -0.3 is 15.5 Å². The number of carboxylic acid groups (broad SMARTS) is 1. The fourth-order valence-electron chi connectivity index (χ4n) is 1.31. The number of carbonyl (C=O) groups excluding carboxylic acids is 1. The van der Waals surface area contributed by atoms with E-state index in [2.05, 4.69) is 10.3 Å². The predicted molar refractivity (Wildman–Crippen MR) is 71.4 cm³/mol. The lowest BCUT2D eigenvalue weighted by Crippen LogP contribution is -2.43. The Morgan fingerprint density at radius 1 is 1.42 bits per heavy atom. The monoisotopic (exact) mass is 298 g/mol. The number of aliphatic hydroxyl groups is 1. The van der Waals surface area contributed by atoms with Gasteiger partial charge in [0.1, 0.15) is 10.7 Å². The number of nitrogens with zero attached hydrogens (tertiary/aromatic N) is 1. The van der Waals surface area contributed by atoms with Gasteiger partial charge >= 0.3 is 5.97 Å². The van der Waals surface area contributed by atoms with E-state index in [9.17, 15) is 9.59 Å². The molecule has 6 nitrogen and oxygen atoms in total. The highest BCUT2D eigenvalue weighted by Gasteiger charge is 2.21. The van der Waals surface area contributed by atoms with Gasteiger partial charge in [-0.05, 0) is 11.4 Å². The second-order valence-electron chi connectivity index (χ2n) is 3.60. The molecule has 1 amide bonds. The van der Waals surface area contributed by atoms with Crippen LogP contribution in [0, 0.1) is 0 Å². The van der Waals surface area contributed by atoms with Crippen LogP contribution in [-0.2, 0) is 4.79 Å². The third-order valence-electron chi connectivity index (χ3n) is 2.29. The van der Waals surface area contributed by atoms with Crippen molar-refractivity contribution in [1.82, 2.24) is 10.3 Å². The number of aliphatic hydroxyl groups excluding tert-OH is 1. The maximum Gasteiger partial charge on any atom is 0.328 e. The zero-order valence-corrected chi connectivity index (χ0v) is 11.2. The summed E-state index contributed by atoms with van der Waals surface area (Å²) < 4.78 is 0. The molecule has 2 heterocycles. The van der Waals surface area contributed by atoms with Crippen molar-refractivity contribution < 1.29 is 19.8 Å². The molecular formula is C11H10N2O4S2. The molecule has 19 heavy (non-hydrogen) atoms. The van der Waals surface area contributed by atoms with Crippen LogP contribution < -0.4 is 5.32 Å². The number of carbonyl (C=O) groups is 2. The zero-order chi connectivity index (χ0) is 13.8. The van der Waals surface area contributed by atoms with E-state index in [1.807, 2.05) is 16.8 Å². The van der Waals surface area contributed by atoms with Crippen molar-refractivity contribution in [2.45, 2.75) is 6.04 Å². The maximum atomic E-state index is 11.8. The fourth-order valence-corrected chi connectivity index (χ4v) is 2.83. The number of rotatable bonds is 5. The smallest absolute Gasteiger partial charge is 0.328 e. The summed E-state index contributed by atoms with van der Waals surface area (Å²) in [5.74, 6) is -1.90. The lowest BCUT2D eigenvalue weighted by molar-refractivity contribution is -0.140. The van der Waals surface area contributed by atoms with Gasteiger partial charge in [-0.2, -0.15) is 11.3 Å². The zero-order valence-electron chi connectivity index (χ0n) is 9.57. The van der Waals surface area contributed by atoms with E-state index in [4.69, 9.17) is 10.2 Å². The molecule has 0 aliphatic carbocycles. The summed E-state index contributed by atoms with van der Waals surface area (Å²) in [6.07, 6.45) is 0. The number of hydrogen-bond acceptors (Lipinski definition) is 6. The van der Waals surface area contributed by atoms with E-state index in [1.54, 1.807) is 5.38 Å². The largest absolute Gasteiger partial charge is 0.480 e. The second kappa shape index (κ2) is 5.91. The highest BCUT2D eigenvalue weighted by Crippen LogP contribution is 2.25. The summed E-state index contributed by atoms with van der Waals surface area (Å²) in [6, 6.07) is 0.567. The van der Waals surface area contributed by atoms with Gasteiger partial charge in [0, 0.05) is 16.3 Å². The van der Waals surface area contributed by atoms with E-state index in [0.29, 0.717) is 5.01 Å². The SMILES string of the molecule is O=C(N[C@H](CO)C(=O)O)c1csc(-c2ccsc2)n1. The average molecular weight is 298 g/mol. The number of thiophene rings is 1. The Bertz CT molecular complexity index is 579.